The van der Waals surface area contributed by atoms with E-state index in [1.807, 2.05) is 17.7 Å². The van der Waals surface area contributed by atoms with Crippen LogP contribution in [0.15, 0.2) is 21.0 Å². The lowest BCUT2D eigenvalue weighted by atomic mass is 10.0. The first-order chi connectivity index (χ1) is 9.96. The van der Waals surface area contributed by atoms with Gasteiger partial charge >= 0.3 is 0 Å². The van der Waals surface area contributed by atoms with E-state index in [1.165, 1.54) is 11.3 Å². The molecule has 2 aromatic rings. The molecule has 3 heterocycles. The van der Waals surface area contributed by atoms with Crippen molar-refractivity contribution < 1.29 is 8.42 Å². The summed E-state index contributed by atoms with van der Waals surface area (Å²) in [6, 6.07) is 1.76. The molecule has 2 aromatic heterocycles. The predicted molar refractivity (Wildman–Crippen MR) is 87.3 cm³/mol. The van der Waals surface area contributed by atoms with Gasteiger partial charge in [0.2, 0.25) is 0 Å². The Morgan fingerprint density at radius 3 is 2.57 bits per heavy atom. The van der Waals surface area contributed by atoms with E-state index in [-0.39, 0.29) is 0 Å². The minimum absolute atomic E-state index is 0.430. The van der Waals surface area contributed by atoms with Gasteiger partial charge in [0.1, 0.15) is 9.22 Å². The Bertz CT molecular complexity index is 725. The van der Waals surface area contributed by atoms with Crippen LogP contribution in [-0.2, 0) is 10.0 Å². The molecule has 0 aliphatic carbocycles. The molecule has 0 aromatic carbocycles. The van der Waals surface area contributed by atoms with E-state index < -0.39 is 10.0 Å². The van der Waals surface area contributed by atoms with Crippen molar-refractivity contribution in [1.82, 2.24) is 9.29 Å². The summed E-state index contributed by atoms with van der Waals surface area (Å²) >= 11 is 2.84. The van der Waals surface area contributed by atoms with E-state index >= 15 is 0 Å². The summed E-state index contributed by atoms with van der Waals surface area (Å²) in [6.45, 7) is 5.39. The molecule has 0 spiro atoms. The van der Waals surface area contributed by atoms with Crippen molar-refractivity contribution in [2.75, 3.05) is 13.1 Å². The van der Waals surface area contributed by atoms with Gasteiger partial charge in [0, 0.05) is 35.1 Å². The monoisotopic (exact) mass is 342 g/mol. The fourth-order valence-corrected chi connectivity index (χ4v) is 6.05. The standard InChI is InChI=1S/C14H18N2O2S3/c1-10-3-5-16(6-4-10)21(17,18)13-7-12(9-19-13)14-15-11(2)8-20-14/h7-10H,3-6H2,1-2H3. The molecule has 0 N–H and O–H groups in total. The molecule has 4 nitrogen and oxygen atoms in total. The Labute approximate surface area is 133 Å². The number of thiazole rings is 1. The number of hydrogen-bond acceptors (Lipinski definition) is 5. The van der Waals surface area contributed by atoms with E-state index in [0.717, 1.165) is 29.1 Å². The molecule has 1 fully saturated rings. The summed E-state index contributed by atoms with van der Waals surface area (Å²) in [6.07, 6.45) is 1.90. The van der Waals surface area contributed by atoms with E-state index in [1.54, 1.807) is 21.7 Å². The largest absolute Gasteiger partial charge is 0.252 e. The molecule has 0 saturated carbocycles. The summed E-state index contributed by atoms with van der Waals surface area (Å²) in [5.74, 6) is 0.619. The lowest BCUT2D eigenvalue weighted by Crippen LogP contribution is -2.37. The number of nitrogens with zero attached hydrogens (tertiary/aromatic N) is 2. The van der Waals surface area contributed by atoms with Crippen molar-refractivity contribution in [3.05, 3.63) is 22.5 Å². The van der Waals surface area contributed by atoms with Crippen molar-refractivity contribution >= 4 is 32.7 Å². The number of aromatic nitrogens is 1. The Kier molecular flexibility index (Phi) is 4.18. The van der Waals surface area contributed by atoms with Crippen LogP contribution in [0.1, 0.15) is 25.5 Å². The van der Waals surface area contributed by atoms with Crippen LogP contribution in [0.25, 0.3) is 10.6 Å². The Morgan fingerprint density at radius 1 is 1.24 bits per heavy atom. The van der Waals surface area contributed by atoms with Gasteiger partial charge in [0.15, 0.2) is 0 Å². The molecule has 0 unspecified atom stereocenters. The summed E-state index contributed by atoms with van der Waals surface area (Å²) in [5, 5.41) is 4.75. The van der Waals surface area contributed by atoms with Crippen LogP contribution in [0.4, 0.5) is 0 Å². The van der Waals surface area contributed by atoms with Gasteiger partial charge < -0.3 is 0 Å². The van der Waals surface area contributed by atoms with Crippen LogP contribution in [0, 0.1) is 12.8 Å². The van der Waals surface area contributed by atoms with E-state index in [9.17, 15) is 8.42 Å². The second-order valence-electron chi connectivity index (χ2n) is 5.54. The maximum atomic E-state index is 12.7. The molecule has 114 valence electrons. The van der Waals surface area contributed by atoms with Gasteiger partial charge in [-0.05, 0) is 31.7 Å². The first kappa shape index (κ1) is 15.1. The third kappa shape index (κ3) is 3.06. The number of piperidine rings is 1. The van der Waals surface area contributed by atoms with Crippen molar-refractivity contribution in [3.63, 3.8) is 0 Å². The first-order valence-corrected chi connectivity index (χ1v) is 10.2. The predicted octanol–water partition coefficient (Wildman–Crippen LogP) is 3.60. The molecule has 21 heavy (non-hydrogen) atoms. The highest BCUT2D eigenvalue weighted by molar-refractivity contribution is 7.91. The molecule has 7 heteroatoms. The highest BCUT2D eigenvalue weighted by Crippen LogP contribution is 2.33. The van der Waals surface area contributed by atoms with Crippen LogP contribution in [0.2, 0.25) is 0 Å². The number of aryl methyl sites for hydroxylation is 1. The van der Waals surface area contributed by atoms with Gasteiger partial charge in [0.05, 0.1) is 0 Å². The van der Waals surface area contributed by atoms with Crippen LogP contribution >= 0.6 is 22.7 Å². The Hall–Kier alpha value is -0.760. The zero-order valence-electron chi connectivity index (χ0n) is 12.1. The number of rotatable bonds is 3. The average Bonchev–Trinajstić information content (AvgIpc) is 3.08. The van der Waals surface area contributed by atoms with Crippen molar-refractivity contribution in [3.8, 4) is 10.6 Å². The van der Waals surface area contributed by atoms with E-state index in [2.05, 4.69) is 11.9 Å². The molecule has 0 amide bonds. The maximum absolute atomic E-state index is 12.7. The highest BCUT2D eigenvalue weighted by Gasteiger charge is 2.29. The van der Waals surface area contributed by atoms with Gasteiger partial charge in [-0.1, -0.05) is 6.92 Å². The van der Waals surface area contributed by atoms with Gasteiger partial charge in [-0.15, -0.1) is 22.7 Å². The van der Waals surface area contributed by atoms with Crippen LogP contribution in [0.5, 0.6) is 0 Å². The Balaban J connectivity index is 1.85. The molecule has 0 atom stereocenters. The van der Waals surface area contributed by atoms with Crippen molar-refractivity contribution in [1.29, 1.82) is 0 Å². The fraction of sp³-hybridized carbons (Fsp3) is 0.500. The normalized spacial score (nSPS) is 18.2. The molecule has 1 saturated heterocycles. The topological polar surface area (TPSA) is 50.3 Å². The van der Waals surface area contributed by atoms with Crippen LogP contribution in [-0.4, -0.2) is 30.8 Å². The number of hydrogen-bond donors (Lipinski definition) is 0. The second-order valence-corrected chi connectivity index (χ2v) is 9.47. The lowest BCUT2D eigenvalue weighted by molar-refractivity contribution is 0.288. The van der Waals surface area contributed by atoms with Crippen molar-refractivity contribution in [2.24, 2.45) is 5.92 Å². The zero-order valence-corrected chi connectivity index (χ0v) is 14.5. The van der Waals surface area contributed by atoms with Crippen LogP contribution < -0.4 is 0 Å². The van der Waals surface area contributed by atoms with E-state index in [4.69, 9.17) is 0 Å². The molecule has 1 aliphatic heterocycles. The van der Waals surface area contributed by atoms with Gasteiger partial charge in [0.25, 0.3) is 10.0 Å². The summed E-state index contributed by atoms with van der Waals surface area (Å²) in [7, 11) is -3.34. The third-order valence-corrected chi connectivity index (χ3v) is 8.10. The lowest BCUT2D eigenvalue weighted by Gasteiger charge is -2.28. The van der Waals surface area contributed by atoms with Gasteiger partial charge in [-0.3, -0.25) is 0 Å². The number of thiophene rings is 1. The number of sulfonamides is 1. The molecular weight excluding hydrogens is 324 g/mol. The molecule has 0 radical (unpaired) electrons. The minimum Gasteiger partial charge on any atom is -0.241 e. The third-order valence-electron chi connectivity index (χ3n) is 3.78. The second kappa shape index (κ2) is 5.79. The van der Waals surface area contributed by atoms with E-state index in [0.29, 0.717) is 23.2 Å². The smallest absolute Gasteiger partial charge is 0.241 e. The Morgan fingerprint density at radius 2 is 1.95 bits per heavy atom. The van der Waals surface area contributed by atoms with Gasteiger partial charge in [-0.2, -0.15) is 4.31 Å². The summed E-state index contributed by atoms with van der Waals surface area (Å²) < 4.78 is 27.4. The first-order valence-electron chi connectivity index (χ1n) is 6.98. The minimum atomic E-state index is -3.34. The zero-order chi connectivity index (χ0) is 15.0. The van der Waals surface area contributed by atoms with Gasteiger partial charge in [-0.25, -0.2) is 13.4 Å². The summed E-state index contributed by atoms with van der Waals surface area (Å²) in [5.41, 5.74) is 1.87. The molecule has 1 aliphatic rings. The quantitative estimate of drug-likeness (QED) is 0.856. The molecule has 3 rings (SSSR count). The fourth-order valence-electron chi connectivity index (χ4n) is 2.40. The molecule has 0 bridgehead atoms. The SMILES string of the molecule is Cc1csc(-c2csc(S(=O)(=O)N3CCC(C)CC3)c2)n1. The maximum Gasteiger partial charge on any atom is 0.252 e. The molecular formula is C14H18N2O2S3. The van der Waals surface area contributed by atoms with Crippen LogP contribution in [0.3, 0.4) is 0 Å². The summed E-state index contributed by atoms with van der Waals surface area (Å²) in [4.78, 5) is 4.42. The highest BCUT2D eigenvalue weighted by atomic mass is 32.2. The average molecular weight is 343 g/mol. The van der Waals surface area contributed by atoms with Crippen molar-refractivity contribution in [2.45, 2.75) is 30.9 Å².